The Morgan fingerprint density at radius 1 is 0.581 bits per heavy atom. The minimum Gasteiger partial charge on any atom is -0.479 e. The first-order valence-corrected chi connectivity index (χ1v) is 32.4. The number of carbonyl (C=O) groups is 4. The lowest BCUT2D eigenvalue weighted by atomic mass is 9.32. The Hall–Kier alpha value is -3.70. The van der Waals surface area contributed by atoms with Crippen LogP contribution in [0.5, 0.6) is 0 Å². The molecular formula is C65H100O28. The second-order valence-corrected chi connectivity index (χ2v) is 29.4. The molecule has 4 saturated carbocycles. The van der Waals surface area contributed by atoms with Crippen molar-refractivity contribution in [3.63, 3.8) is 0 Å². The molecule has 0 aromatic rings. The van der Waals surface area contributed by atoms with Gasteiger partial charge in [-0.3, -0.25) is 4.79 Å². The summed E-state index contributed by atoms with van der Waals surface area (Å²) in [5.41, 5.74) is -5.34. The maximum Gasteiger partial charge on any atom is 0.335 e. The zero-order valence-corrected chi connectivity index (χ0v) is 55.1. The molecule has 28 nitrogen and oxygen atoms in total. The molecule has 0 amide bonds. The van der Waals surface area contributed by atoms with Crippen LogP contribution in [0, 0.1) is 50.2 Å². The molecule has 0 aromatic heterocycles. The third-order valence-corrected chi connectivity index (χ3v) is 23.7. The molecule has 528 valence electrons. The Morgan fingerprint density at radius 3 is 1.70 bits per heavy atom. The molecule has 0 spiro atoms. The summed E-state index contributed by atoms with van der Waals surface area (Å²) in [7, 11) is 0. The lowest BCUT2D eigenvalue weighted by Gasteiger charge is -2.73. The van der Waals surface area contributed by atoms with Crippen molar-refractivity contribution >= 4 is 23.9 Å². The van der Waals surface area contributed by atoms with Crippen LogP contribution in [0.3, 0.4) is 0 Å². The molecule has 28 heteroatoms. The number of carboxylic acid groups (broad SMARTS) is 1. The minimum atomic E-state index is -2.16. The lowest BCUT2D eigenvalue weighted by Crippen LogP contribution is -2.77. The summed E-state index contributed by atoms with van der Waals surface area (Å²) in [5.74, 6) is -5.28. The molecule has 0 aromatic carbocycles. The molecule has 4 heterocycles. The van der Waals surface area contributed by atoms with Crippen molar-refractivity contribution in [1.82, 2.24) is 0 Å². The van der Waals surface area contributed by atoms with Gasteiger partial charge in [-0.25, -0.2) is 14.4 Å². The third kappa shape index (κ3) is 12.2. The molecular weight excluding hydrogens is 1230 g/mol. The average molecular weight is 1330 g/mol. The van der Waals surface area contributed by atoms with Crippen LogP contribution >= 0.6 is 0 Å². The first-order chi connectivity index (χ1) is 43.4. The van der Waals surface area contributed by atoms with E-state index in [9.17, 15) is 85.6 Å². The number of rotatable bonds is 17. The van der Waals surface area contributed by atoms with E-state index in [0.29, 0.717) is 25.7 Å². The van der Waals surface area contributed by atoms with Crippen molar-refractivity contribution in [2.24, 2.45) is 50.2 Å². The van der Waals surface area contributed by atoms with Crippen molar-refractivity contribution < 1.29 is 138 Å². The highest BCUT2D eigenvalue weighted by molar-refractivity contribution is 5.88. The number of hydrogen-bond acceptors (Lipinski definition) is 27. The molecule has 5 aliphatic carbocycles. The first kappa shape index (κ1) is 73.5. The Balaban J connectivity index is 1.06. The Bertz CT molecular complexity index is 2820. The first-order valence-electron chi connectivity index (χ1n) is 32.4. The number of carboxylic acids is 1. The van der Waals surface area contributed by atoms with Gasteiger partial charge in [-0.05, 0) is 107 Å². The molecule has 3 unspecified atom stereocenters. The van der Waals surface area contributed by atoms with Gasteiger partial charge in [-0.1, -0.05) is 72.3 Å². The molecule has 8 fully saturated rings. The highest BCUT2D eigenvalue weighted by Crippen LogP contribution is 2.76. The van der Waals surface area contributed by atoms with E-state index < -0.39 is 229 Å². The number of aliphatic carboxylic acids is 1. The molecule has 9 rings (SSSR count). The fourth-order valence-corrected chi connectivity index (χ4v) is 18.0. The van der Waals surface area contributed by atoms with E-state index in [1.54, 1.807) is 26.8 Å². The van der Waals surface area contributed by atoms with Gasteiger partial charge in [-0.2, -0.15) is 0 Å². The highest BCUT2D eigenvalue weighted by atomic mass is 16.8. The van der Waals surface area contributed by atoms with Crippen molar-refractivity contribution in [1.29, 1.82) is 0 Å². The molecule has 0 bridgehead atoms. The number of aliphatic hydroxyl groups excluding tert-OH is 12. The lowest BCUT2D eigenvalue weighted by molar-refractivity contribution is -0.386. The van der Waals surface area contributed by atoms with Crippen molar-refractivity contribution in [2.45, 2.75) is 276 Å². The van der Waals surface area contributed by atoms with E-state index >= 15 is 0 Å². The predicted octanol–water partition coefficient (Wildman–Crippen LogP) is -0.315. The van der Waals surface area contributed by atoms with Crippen molar-refractivity contribution in [2.75, 3.05) is 19.8 Å². The fraction of sp³-hybridized carbons (Fsp3) is 0.846. The molecule has 9 aliphatic rings. The highest BCUT2D eigenvalue weighted by Gasteiger charge is 2.77. The second kappa shape index (κ2) is 27.2. The van der Waals surface area contributed by atoms with Crippen LogP contribution in [-0.2, 0) is 71.3 Å². The number of allylic oxidation sites excluding steroid dienone is 3. The number of carbonyl (C=O) groups excluding carboxylic acids is 3. The van der Waals surface area contributed by atoms with Gasteiger partial charge < -0.3 is 118 Å². The summed E-state index contributed by atoms with van der Waals surface area (Å²) in [6, 6.07) is 0. The van der Waals surface area contributed by atoms with Gasteiger partial charge in [0.25, 0.3) is 0 Å². The van der Waals surface area contributed by atoms with Gasteiger partial charge in [-0.15, -0.1) is 0 Å². The van der Waals surface area contributed by atoms with Gasteiger partial charge in [0.1, 0.15) is 79.4 Å². The summed E-state index contributed by atoms with van der Waals surface area (Å²) in [4.78, 5) is 52.9. The molecule has 13 N–H and O–H groups in total. The SMILES string of the molecule is C/C=C(/C)C(=O)O[C@H]1[C@H](O)[C@@H](O[C@@H]2[C@H](OC(=O)/C(C)=C\C)C(C)(C)CC3C4=CCC5[C@@]6(C)CC[C@H](O[C@H]7O[C@H](C(=O)O)[C@@H](O)[C@H](O[C@H]8O[C@H](CO)[C@@H](O)[C@@H]8O)[C@H]7O[C@@H]7O[C@H](CO)[C@H](O)[C@H](O)[C@H]7O)C(C)(C)C6CC[C@@]5(C)[C@]4(C)[C@H](O)[C@H](O)[C@]32CO)O[C@@H](C)[C@@H]1OC(C)=O. The Kier molecular flexibility index (Phi) is 21.5. The largest absolute Gasteiger partial charge is 0.479 e. The minimum absolute atomic E-state index is 0.176. The topological polar surface area (TPSA) is 433 Å². The zero-order chi connectivity index (χ0) is 68.9. The van der Waals surface area contributed by atoms with Gasteiger partial charge in [0.15, 0.2) is 43.5 Å². The van der Waals surface area contributed by atoms with Crippen LogP contribution < -0.4 is 0 Å². The number of ether oxygens (including phenoxy) is 11. The number of fused-ring (bicyclic) bond motifs is 7. The molecule has 4 aliphatic heterocycles. The van der Waals surface area contributed by atoms with E-state index in [1.807, 2.05) is 34.6 Å². The van der Waals surface area contributed by atoms with Crippen LogP contribution in [0.25, 0.3) is 0 Å². The maximum absolute atomic E-state index is 14.0. The molecule has 93 heavy (non-hydrogen) atoms. The van der Waals surface area contributed by atoms with Crippen LogP contribution in [0.1, 0.15) is 129 Å². The van der Waals surface area contributed by atoms with E-state index in [0.717, 1.165) is 12.5 Å². The maximum atomic E-state index is 14.0. The quantitative estimate of drug-likeness (QED) is 0.0292. The Morgan fingerprint density at radius 2 is 1.14 bits per heavy atom. The van der Waals surface area contributed by atoms with E-state index in [-0.39, 0.29) is 35.8 Å². The number of aliphatic hydroxyl groups is 12. The van der Waals surface area contributed by atoms with Gasteiger partial charge in [0.2, 0.25) is 0 Å². The fourth-order valence-electron chi connectivity index (χ4n) is 18.0. The summed E-state index contributed by atoms with van der Waals surface area (Å²) in [6.07, 6.45) is -33.3. The summed E-state index contributed by atoms with van der Waals surface area (Å²) < 4.78 is 67.7. The van der Waals surface area contributed by atoms with Gasteiger partial charge >= 0.3 is 23.9 Å². The molecule has 31 atom stereocenters. The molecule has 0 radical (unpaired) electrons. The van der Waals surface area contributed by atoms with Crippen LogP contribution in [0.15, 0.2) is 34.9 Å². The van der Waals surface area contributed by atoms with E-state index in [2.05, 4.69) is 19.9 Å². The van der Waals surface area contributed by atoms with Gasteiger partial charge in [0.05, 0.1) is 49.7 Å². The average Bonchev–Trinajstić information content (AvgIpc) is 0.880. The number of esters is 3. The van der Waals surface area contributed by atoms with E-state index in [4.69, 9.17) is 52.1 Å². The molecule has 4 saturated heterocycles. The van der Waals surface area contributed by atoms with Crippen molar-refractivity contribution in [3.05, 3.63) is 34.9 Å². The van der Waals surface area contributed by atoms with Crippen molar-refractivity contribution in [3.8, 4) is 0 Å². The number of hydrogen-bond donors (Lipinski definition) is 13. The normalized spacial score (nSPS) is 48.8. The summed E-state index contributed by atoms with van der Waals surface area (Å²) in [5, 5.41) is 148. The smallest absolute Gasteiger partial charge is 0.335 e. The van der Waals surface area contributed by atoms with Crippen LogP contribution in [0.4, 0.5) is 0 Å². The summed E-state index contributed by atoms with van der Waals surface area (Å²) >= 11 is 0. The van der Waals surface area contributed by atoms with Crippen LogP contribution in [-0.4, -0.2) is 257 Å². The van der Waals surface area contributed by atoms with Crippen LogP contribution in [0.2, 0.25) is 0 Å². The third-order valence-electron chi connectivity index (χ3n) is 23.7. The van der Waals surface area contributed by atoms with Gasteiger partial charge in [0, 0.05) is 28.9 Å². The monoisotopic (exact) mass is 1330 g/mol. The zero-order valence-electron chi connectivity index (χ0n) is 55.1. The predicted molar refractivity (Wildman–Crippen MR) is 318 cm³/mol. The Labute approximate surface area is 540 Å². The van der Waals surface area contributed by atoms with E-state index in [1.165, 1.54) is 19.9 Å². The second-order valence-electron chi connectivity index (χ2n) is 29.4. The summed E-state index contributed by atoms with van der Waals surface area (Å²) in [6.45, 7) is 20.4. The standard InChI is InChI=1S/C65H100O28/c1-14-26(3)54(81)88-46-43(76)58(83-28(5)44(46)84-29(6)69)93-52-51(92-55(82)27(4)15-2)60(7,8)22-31-30-16-17-35-62(11)20-19-36(61(9,10)34(62)18-21-63(35,12)64(30,13)49(77)50(78)65(31,52)25-68)87-59-48(91-57-41(74)39(72)37(70)32(23-66)85-57)45(42(75)47(90-59)53(79)80)89-56-40(73)38(71)33(24-67)86-56/h14-16,28,31-52,56-59,66-68,70-78H,17-25H2,1-13H3,(H,79,80)/b26-14-,27-15-/t28-,31?,32+,33+,34?,35?,36-,37-,38+,39-,40-,41+,42-,43-,44-,45-,46-,47-,48+,49+,50-,51-,52+,56+,57-,58+,59-,62-,63+,64-,65-/m0/s1.